The van der Waals surface area contributed by atoms with Gasteiger partial charge in [0.2, 0.25) is 5.95 Å². The van der Waals surface area contributed by atoms with E-state index in [9.17, 15) is 28.8 Å². The van der Waals surface area contributed by atoms with Crippen molar-refractivity contribution in [2.75, 3.05) is 16.0 Å². The first kappa shape index (κ1) is 49.2. The maximum Gasteiger partial charge on any atom is 0.314 e. The van der Waals surface area contributed by atoms with E-state index in [0.29, 0.717) is 36.5 Å². The summed E-state index contributed by atoms with van der Waals surface area (Å²) in [5, 5.41) is 7.98. The summed E-state index contributed by atoms with van der Waals surface area (Å²) in [6, 6.07) is 19.4. The average molecular weight is 864 g/mol. The topological polar surface area (TPSA) is 192 Å². The van der Waals surface area contributed by atoms with Crippen LogP contribution in [0, 0.1) is 17.8 Å². The number of anilines is 3. The smallest absolute Gasteiger partial charge is 0.314 e. The number of esters is 3. The van der Waals surface area contributed by atoms with E-state index in [4.69, 9.17) is 14.2 Å². The lowest BCUT2D eigenvalue weighted by molar-refractivity contribution is -0.140. The quantitative estimate of drug-likeness (QED) is 0.0448. The molecule has 0 aliphatic rings. The Morgan fingerprint density at radius 3 is 1.00 bits per heavy atom. The SMILES string of the molecule is CCCCC(CC)C(=O)Oc1ccc(C(=O)Nc2cc(NC(=O)c3ccc(OC(=O)C(CC)CCCC)cc3)nc(NC(=O)c3ccc(OC(=O)C(CC)CCCC)cc3)n2)cc1. The summed E-state index contributed by atoms with van der Waals surface area (Å²) < 4.78 is 16.7. The number of amides is 3. The molecule has 0 saturated heterocycles. The average Bonchev–Trinajstić information content (AvgIpc) is 3.27. The highest BCUT2D eigenvalue weighted by molar-refractivity contribution is 6.07. The summed E-state index contributed by atoms with van der Waals surface area (Å²) in [5.74, 6) is -2.83. The number of ether oxygens (including phenoxy) is 3. The van der Waals surface area contributed by atoms with Crippen molar-refractivity contribution < 1.29 is 43.0 Å². The molecule has 14 heteroatoms. The Hall–Kier alpha value is -6.44. The lowest BCUT2D eigenvalue weighted by Gasteiger charge is -2.14. The van der Waals surface area contributed by atoms with Gasteiger partial charge in [0.1, 0.15) is 28.9 Å². The van der Waals surface area contributed by atoms with Gasteiger partial charge < -0.3 is 24.8 Å². The predicted octanol–water partition coefficient (Wildman–Crippen LogP) is 10.6. The first-order valence-electron chi connectivity index (χ1n) is 22.2. The van der Waals surface area contributed by atoms with Gasteiger partial charge in [-0.05, 0) is 111 Å². The Morgan fingerprint density at radius 1 is 0.444 bits per heavy atom. The molecule has 3 N–H and O–H groups in total. The van der Waals surface area contributed by atoms with Crippen molar-refractivity contribution in [1.29, 1.82) is 0 Å². The highest BCUT2D eigenvalue weighted by Crippen LogP contribution is 2.24. The van der Waals surface area contributed by atoms with Gasteiger partial charge in [0.15, 0.2) is 0 Å². The molecular weight excluding hydrogens is 803 g/mol. The normalized spacial score (nSPS) is 12.3. The monoisotopic (exact) mass is 863 g/mol. The molecule has 1 heterocycles. The van der Waals surface area contributed by atoms with E-state index in [1.165, 1.54) is 78.9 Å². The van der Waals surface area contributed by atoms with Crippen molar-refractivity contribution in [3.05, 3.63) is 95.6 Å². The van der Waals surface area contributed by atoms with Crippen LogP contribution in [0.2, 0.25) is 0 Å². The zero-order valence-corrected chi connectivity index (χ0v) is 37.3. The molecule has 3 amide bonds. The summed E-state index contributed by atoms with van der Waals surface area (Å²) >= 11 is 0. The minimum Gasteiger partial charge on any atom is -0.426 e. The maximum atomic E-state index is 13.4. The second-order valence-electron chi connectivity index (χ2n) is 15.4. The molecular formula is C49H61N5O9. The summed E-state index contributed by atoms with van der Waals surface area (Å²) in [7, 11) is 0. The Labute approximate surface area is 370 Å². The summed E-state index contributed by atoms with van der Waals surface area (Å²) in [6.45, 7) is 12.0. The fourth-order valence-corrected chi connectivity index (χ4v) is 6.62. The molecule has 0 bridgehead atoms. The van der Waals surface area contributed by atoms with Gasteiger partial charge in [-0.25, -0.2) is 0 Å². The Morgan fingerprint density at radius 2 is 0.730 bits per heavy atom. The minimum absolute atomic E-state index is 0.0514. The van der Waals surface area contributed by atoms with Crippen molar-refractivity contribution >= 4 is 53.2 Å². The van der Waals surface area contributed by atoms with Gasteiger partial charge in [0, 0.05) is 22.8 Å². The number of carbonyl (C=O) groups is 6. The van der Waals surface area contributed by atoms with Gasteiger partial charge in [0.25, 0.3) is 17.7 Å². The van der Waals surface area contributed by atoms with E-state index < -0.39 is 17.7 Å². The van der Waals surface area contributed by atoms with Gasteiger partial charge in [-0.2, -0.15) is 9.97 Å². The van der Waals surface area contributed by atoms with Crippen LogP contribution in [0.3, 0.4) is 0 Å². The minimum atomic E-state index is -0.613. The summed E-state index contributed by atoms with van der Waals surface area (Å²) in [6.07, 6.45) is 9.86. The summed E-state index contributed by atoms with van der Waals surface area (Å²) in [4.78, 5) is 87.2. The molecule has 63 heavy (non-hydrogen) atoms. The fraction of sp³-hybridized carbons (Fsp3) is 0.429. The van der Waals surface area contributed by atoms with E-state index in [-0.39, 0.29) is 69.9 Å². The number of rotatable bonds is 24. The lowest BCUT2D eigenvalue weighted by Crippen LogP contribution is -2.21. The number of benzene rings is 3. The zero-order valence-electron chi connectivity index (χ0n) is 37.3. The van der Waals surface area contributed by atoms with E-state index in [1.807, 2.05) is 20.8 Å². The third kappa shape index (κ3) is 15.5. The molecule has 3 aromatic carbocycles. The molecule has 336 valence electrons. The van der Waals surface area contributed by atoms with Gasteiger partial charge in [-0.15, -0.1) is 0 Å². The highest BCUT2D eigenvalue weighted by atomic mass is 16.5. The fourth-order valence-electron chi connectivity index (χ4n) is 6.62. The first-order valence-corrected chi connectivity index (χ1v) is 22.2. The molecule has 0 aliphatic carbocycles. The predicted molar refractivity (Wildman–Crippen MR) is 242 cm³/mol. The third-order valence-corrected chi connectivity index (χ3v) is 10.6. The molecule has 0 saturated carbocycles. The molecule has 1 aromatic heterocycles. The number of nitrogens with one attached hydrogen (secondary N) is 3. The molecule has 0 aliphatic heterocycles. The van der Waals surface area contributed by atoms with E-state index >= 15 is 0 Å². The van der Waals surface area contributed by atoms with Crippen LogP contribution >= 0.6 is 0 Å². The molecule has 0 fully saturated rings. The van der Waals surface area contributed by atoms with E-state index in [1.54, 1.807) is 0 Å². The van der Waals surface area contributed by atoms with Gasteiger partial charge in [-0.1, -0.05) is 80.1 Å². The van der Waals surface area contributed by atoms with Gasteiger partial charge in [0.05, 0.1) is 17.8 Å². The number of hydrogen-bond donors (Lipinski definition) is 3. The van der Waals surface area contributed by atoms with Crippen LogP contribution < -0.4 is 30.2 Å². The molecule has 4 rings (SSSR count). The van der Waals surface area contributed by atoms with Crippen molar-refractivity contribution in [3.8, 4) is 17.2 Å². The summed E-state index contributed by atoms with van der Waals surface area (Å²) in [5.41, 5.74) is 0.634. The molecule has 3 unspecified atom stereocenters. The number of unbranched alkanes of at least 4 members (excludes halogenated alkanes) is 3. The molecule has 14 nitrogen and oxygen atoms in total. The molecule has 0 radical (unpaired) electrons. The van der Waals surface area contributed by atoms with Crippen LogP contribution in [0.4, 0.5) is 17.6 Å². The Kier molecular flexibility index (Phi) is 19.9. The third-order valence-electron chi connectivity index (χ3n) is 10.6. The van der Waals surface area contributed by atoms with Crippen molar-refractivity contribution in [3.63, 3.8) is 0 Å². The Balaban J connectivity index is 1.52. The molecule has 4 aromatic rings. The number of carbonyl (C=O) groups excluding carboxylic acids is 6. The molecule has 3 atom stereocenters. The second-order valence-corrected chi connectivity index (χ2v) is 15.4. The lowest BCUT2D eigenvalue weighted by atomic mass is 10.00. The van der Waals surface area contributed by atoms with Crippen LogP contribution in [0.25, 0.3) is 0 Å². The van der Waals surface area contributed by atoms with Crippen LogP contribution in [0.5, 0.6) is 17.2 Å². The standard InChI is InChI=1S/C49H61N5O9/c1-7-13-16-32(10-4)46(58)61-38-25-19-35(20-26-38)43(55)50-41-31-42(51-44(56)36-21-27-39(28-22-36)62-47(59)33(11-5)17-14-8-2)53-49(52-41)54-45(57)37-23-29-40(30-24-37)63-48(60)34(12-6)18-15-9-3/h19-34H,7-18H2,1-6H3,(H3,50,51,52,53,54,55,56,57). The van der Waals surface area contributed by atoms with E-state index in [0.717, 1.165) is 57.8 Å². The van der Waals surface area contributed by atoms with Crippen molar-refractivity contribution in [2.45, 2.75) is 119 Å². The first-order chi connectivity index (χ1) is 30.4. The van der Waals surface area contributed by atoms with Crippen molar-refractivity contribution in [2.24, 2.45) is 17.8 Å². The second kappa shape index (κ2) is 25.5. The number of hydrogen-bond acceptors (Lipinski definition) is 11. The maximum absolute atomic E-state index is 13.4. The number of nitrogens with zero attached hydrogens (tertiary/aromatic N) is 2. The van der Waals surface area contributed by atoms with E-state index in [2.05, 4.69) is 46.7 Å². The molecule has 0 spiro atoms. The highest BCUT2D eigenvalue weighted by Gasteiger charge is 2.22. The Bertz CT molecular complexity index is 1890. The largest absolute Gasteiger partial charge is 0.426 e. The van der Waals surface area contributed by atoms with Crippen LogP contribution in [-0.4, -0.2) is 45.6 Å². The number of aromatic nitrogens is 2. The van der Waals surface area contributed by atoms with Crippen LogP contribution in [-0.2, 0) is 14.4 Å². The van der Waals surface area contributed by atoms with Crippen LogP contribution in [0.15, 0.2) is 78.9 Å². The van der Waals surface area contributed by atoms with Gasteiger partial charge in [-0.3, -0.25) is 34.1 Å². The van der Waals surface area contributed by atoms with Crippen molar-refractivity contribution in [1.82, 2.24) is 9.97 Å². The van der Waals surface area contributed by atoms with Gasteiger partial charge >= 0.3 is 17.9 Å². The van der Waals surface area contributed by atoms with Crippen LogP contribution in [0.1, 0.15) is 150 Å². The zero-order chi connectivity index (χ0) is 45.7.